The number of aromatic amines is 1. The molecule has 0 bridgehead atoms. The number of hydrogen-bond acceptors (Lipinski definition) is 4. The first-order chi connectivity index (χ1) is 9.11. The van der Waals surface area contributed by atoms with Crippen LogP contribution in [0.25, 0.3) is 0 Å². The number of H-pyrrole nitrogens is 1. The van der Waals surface area contributed by atoms with Gasteiger partial charge in [-0.05, 0) is 18.6 Å². The number of aromatic nitrogens is 2. The molecule has 0 radical (unpaired) electrons. The number of aryl methyl sites for hydroxylation is 1. The van der Waals surface area contributed by atoms with Gasteiger partial charge >= 0.3 is 0 Å². The molecule has 0 aliphatic rings. The number of pyridine rings is 1. The number of amides is 1. The second kappa shape index (κ2) is 5.79. The van der Waals surface area contributed by atoms with Crippen LogP contribution in [0.5, 0.6) is 0 Å². The summed E-state index contributed by atoms with van der Waals surface area (Å²) in [5.41, 5.74) is 0.632. The van der Waals surface area contributed by atoms with Gasteiger partial charge in [0, 0.05) is 18.6 Å². The van der Waals surface area contributed by atoms with Crippen LogP contribution in [0.15, 0.2) is 28.5 Å². The standard InChI is InChI=1S/C13H15N3O2S/c1-3-11-15-9(8-19-11)7-16(2)13(18)10-5-4-6-14-12(10)17/h4-6,8H,3,7H2,1-2H3,(H,14,17). The summed E-state index contributed by atoms with van der Waals surface area (Å²) in [7, 11) is 1.67. The maximum atomic E-state index is 12.1. The van der Waals surface area contributed by atoms with Crippen LogP contribution in [0.3, 0.4) is 0 Å². The van der Waals surface area contributed by atoms with Crippen LogP contribution in [0.4, 0.5) is 0 Å². The Kier molecular flexibility index (Phi) is 4.11. The lowest BCUT2D eigenvalue weighted by molar-refractivity contribution is 0.0782. The molecule has 0 aliphatic heterocycles. The Morgan fingerprint density at radius 2 is 2.32 bits per heavy atom. The molecular weight excluding hydrogens is 262 g/mol. The Morgan fingerprint density at radius 1 is 1.53 bits per heavy atom. The summed E-state index contributed by atoms with van der Waals surface area (Å²) >= 11 is 1.59. The SMILES string of the molecule is CCc1nc(CN(C)C(=O)c2ccc[nH]c2=O)cs1. The number of rotatable bonds is 4. The average Bonchev–Trinajstić information content (AvgIpc) is 2.86. The number of nitrogens with zero attached hydrogens (tertiary/aromatic N) is 2. The first kappa shape index (κ1) is 13.5. The van der Waals surface area contributed by atoms with Gasteiger partial charge < -0.3 is 9.88 Å². The number of nitrogens with one attached hydrogen (secondary N) is 1. The Balaban J connectivity index is 2.12. The number of carbonyl (C=O) groups excluding carboxylic acids is 1. The molecule has 2 aromatic rings. The van der Waals surface area contributed by atoms with Crippen molar-refractivity contribution >= 4 is 17.2 Å². The molecule has 2 heterocycles. The molecule has 0 saturated carbocycles. The molecule has 0 saturated heterocycles. The molecule has 0 aromatic carbocycles. The normalized spacial score (nSPS) is 10.4. The van der Waals surface area contributed by atoms with Crippen molar-refractivity contribution in [2.24, 2.45) is 0 Å². The second-order valence-electron chi connectivity index (χ2n) is 4.16. The lowest BCUT2D eigenvalue weighted by atomic mass is 10.2. The molecule has 0 unspecified atom stereocenters. The monoisotopic (exact) mass is 277 g/mol. The Labute approximate surface area is 114 Å². The molecule has 5 nitrogen and oxygen atoms in total. The van der Waals surface area contributed by atoms with Gasteiger partial charge in [-0.15, -0.1) is 11.3 Å². The van der Waals surface area contributed by atoms with Gasteiger partial charge in [-0.25, -0.2) is 4.98 Å². The van der Waals surface area contributed by atoms with Crippen molar-refractivity contribution in [3.8, 4) is 0 Å². The van der Waals surface area contributed by atoms with Crippen LogP contribution in [0.1, 0.15) is 28.0 Å². The number of hydrogen-bond donors (Lipinski definition) is 1. The fourth-order valence-electron chi connectivity index (χ4n) is 1.69. The summed E-state index contributed by atoms with van der Waals surface area (Å²) in [5, 5.41) is 2.99. The van der Waals surface area contributed by atoms with Gasteiger partial charge in [-0.2, -0.15) is 0 Å². The Hall–Kier alpha value is -1.95. The summed E-state index contributed by atoms with van der Waals surface area (Å²) in [6.07, 6.45) is 2.40. The van der Waals surface area contributed by atoms with Crippen molar-refractivity contribution in [1.29, 1.82) is 0 Å². The van der Waals surface area contributed by atoms with E-state index >= 15 is 0 Å². The molecule has 19 heavy (non-hydrogen) atoms. The smallest absolute Gasteiger partial charge is 0.260 e. The highest BCUT2D eigenvalue weighted by Gasteiger charge is 2.16. The molecule has 2 rings (SSSR count). The minimum atomic E-state index is -0.369. The number of carbonyl (C=O) groups is 1. The van der Waals surface area contributed by atoms with Gasteiger partial charge in [0.2, 0.25) is 0 Å². The maximum Gasteiger partial charge on any atom is 0.260 e. The zero-order chi connectivity index (χ0) is 13.8. The lowest BCUT2D eigenvalue weighted by Gasteiger charge is -2.15. The zero-order valence-electron chi connectivity index (χ0n) is 10.8. The van der Waals surface area contributed by atoms with Crippen molar-refractivity contribution in [2.45, 2.75) is 19.9 Å². The van der Waals surface area contributed by atoms with E-state index in [0.29, 0.717) is 6.54 Å². The Bertz CT molecular complexity index is 633. The lowest BCUT2D eigenvalue weighted by Crippen LogP contribution is -2.31. The van der Waals surface area contributed by atoms with E-state index < -0.39 is 0 Å². The van der Waals surface area contributed by atoms with Gasteiger partial charge in [0.1, 0.15) is 5.56 Å². The van der Waals surface area contributed by atoms with E-state index in [0.717, 1.165) is 17.1 Å². The Morgan fingerprint density at radius 3 is 2.95 bits per heavy atom. The highest BCUT2D eigenvalue weighted by atomic mass is 32.1. The van der Waals surface area contributed by atoms with Crippen LogP contribution in [0, 0.1) is 0 Å². The van der Waals surface area contributed by atoms with Crippen molar-refractivity contribution in [1.82, 2.24) is 14.9 Å². The van der Waals surface area contributed by atoms with Crippen LogP contribution < -0.4 is 5.56 Å². The van der Waals surface area contributed by atoms with Gasteiger partial charge in [0.25, 0.3) is 11.5 Å². The third kappa shape index (κ3) is 3.08. The molecule has 100 valence electrons. The van der Waals surface area contributed by atoms with Crippen molar-refractivity contribution < 1.29 is 4.79 Å². The minimum absolute atomic E-state index is 0.149. The van der Waals surface area contributed by atoms with E-state index in [9.17, 15) is 9.59 Å². The predicted molar refractivity (Wildman–Crippen MR) is 74.4 cm³/mol. The summed E-state index contributed by atoms with van der Waals surface area (Å²) in [6, 6.07) is 3.16. The van der Waals surface area contributed by atoms with Gasteiger partial charge in [0.15, 0.2) is 0 Å². The van der Waals surface area contributed by atoms with Crippen LogP contribution in [-0.2, 0) is 13.0 Å². The minimum Gasteiger partial charge on any atom is -0.336 e. The molecular formula is C13H15N3O2S. The first-order valence-corrected chi connectivity index (χ1v) is 6.86. The van der Waals surface area contributed by atoms with E-state index in [1.165, 1.54) is 17.2 Å². The highest BCUT2D eigenvalue weighted by Crippen LogP contribution is 2.12. The number of thiazole rings is 1. The van der Waals surface area contributed by atoms with Crippen LogP contribution >= 0.6 is 11.3 Å². The van der Waals surface area contributed by atoms with Crippen LogP contribution in [-0.4, -0.2) is 27.8 Å². The third-order valence-corrected chi connectivity index (χ3v) is 3.74. The molecule has 0 spiro atoms. The van der Waals surface area contributed by atoms with Gasteiger partial charge in [-0.1, -0.05) is 6.92 Å². The predicted octanol–water partition coefficient (Wildman–Crippen LogP) is 1.67. The van der Waals surface area contributed by atoms with E-state index in [4.69, 9.17) is 0 Å². The van der Waals surface area contributed by atoms with E-state index in [1.807, 2.05) is 12.3 Å². The summed E-state index contributed by atoms with van der Waals surface area (Å²) in [5.74, 6) is -0.298. The van der Waals surface area contributed by atoms with E-state index in [-0.39, 0.29) is 17.0 Å². The summed E-state index contributed by atoms with van der Waals surface area (Å²) in [4.78, 5) is 32.1. The molecule has 2 aromatic heterocycles. The maximum absolute atomic E-state index is 12.1. The van der Waals surface area contributed by atoms with Crippen molar-refractivity contribution in [3.05, 3.63) is 50.3 Å². The molecule has 0 aliphatic carbocycles. The summed E-state index contributed by atoms with van der Waals surface area (Å²) in [6.45, 7) is 2.45. The molecule has 1 N–H and O–H groups in total. The van der Waals surface area contributed by atoms with Gasteiger partial charge in [0.05, 0.1) is 17.2 Å². The van der Waals surface area contributed by atoms with E-state index in [2.05, 4.69) is 9.97 Å². The topological polar surface area (TPSA) is 66.1 Å². The third-order valence-electron chi connectivity index (χ3n) is 2.70. The fraction of sp³-hybridized carbons (Fsp3) is 0.308. The van der Waals surface area contributed by atoms with Crippen molar-refractivity contribution in [3.63, 3.8) is 0 Å². The average molecular weight is 277 g/mol. The molecule has 0 fully saturated rings. The second-order valence-corrected chi connectivity index (χ2v) is 5.10. The molecule has 0 atom stereocenters. The van der Waals surface area contributed by atoms with E-state index in [1.54, 1.807) is 24.5 Å². The molecule has 1 amide bonds. The summed E-state index contributed by atoms with van der Waals surface area (Å²) < 4.78 is 0. The largest absolute Gasteiger partial charge is 0.336 e. The fourth-order valence-corrected chi connectivity index (χ4v) is 2.43. The van der Waals surface area contributed by atoms with Crippen LogP contribution in [0.2, 0.25) is 0 Å². The quantitative estimate of drug-likeness (QED) is 0.924. The van der Waals surface area contributed by atoms with Gasteiger partial charge in [-0.3, -0.25) is 9.59 Å². The first-order valence-electron chi connectivity index (χ1n) is 5.98. The zero-order valence-corrected chi connectivity index (χ0v) is 11.7. The molecule has 6 heteroatoms. The highest BCUT2D eigenvalue weighted by molar-refractivity contribution is 7.09. The van der Waals surface area contributed by atoms with Crippen molar-refractivity contribution in [2.75, 3.05) is 7.05 Å².